The van der Waals surface area contributed by atoms with Crippen molar-refractivity contribution in [2.45, 2.75) is 44.8 Å². The number of amides is 1. The quantitative estimate of drug-likeness (QED) is 0.707. The summed E-state index contributed by atoms with van der Waals surface area (Å²) in [5, 5.41) is 2.92. The maximum absolute atomic E-state index is 12.3. The van der Waals surface area contributed by atoms with E-state index >= 15 is 0 Å². The van der Waals surface area contributed by atoms with Gasteiger partial charge in [0, 0.05) is 13.0 Å². The third-order valence-corrected chi connectivity index (χ3v) is 4.91. The number of aryl methyl sites for hydroxylation is 3. The van der Waals surface area contributed by atoms with Gasteiger partial charge in [-0.2, -0.15) is 13.2 Å². The average molecular weight is 407 g/mol. The predicted molar refractivity (Wildman–Crippen MR) is 103 cm³/mol. The molecule has 0 spiro atoms. The van der Waals surface area contributed by atoms with Crippen molar-refractivity contribution in [2.24, 2.45) is 0 Å². The van der Waals surface area contributed by atoms with Gasteiger partial charge in [-0.05, 0) is 60.1 Å². The summed E-state index contributed by atoms with van der Waals surface area (Å²) in [6.45, 7) is -0.895. The first kappa shape index (κ1) is 21.0. The van der Waals surface area contributed by atoms with Crippen LogP contribution in [0.3, 0.4) is 0 Å². The van der Waals surface area contributed by atoms with E-state index in [1.54, 1.807) is 12.1 Å². The molecule has 4 nitrogen and oxygen atoms in total. The van der Waals surface area contributed by atoms with Crippen LogP contribution < -0.4 is 14.8 Å². The van der Waals surface area contributed by atoms with E-state index in [0.717, 1.165) is 24.0 Å². The summed E-state index contributed by atoms with van der Waals surface area (Å²) in [6.07, 6.45) is -0.273. The minimum absolute atomic E-state index is 0.0228. The molecule has 2 aromatic carbocycles. The Labute approximate surface area is 168 Å². The molecule has 0 saturated carbocycles. The molecule has 3 rings (SSSR count). The number of methoxy groups -OCH3 is 1. The van der Waals surface area contributed by atoms with Gasteiger partial charge in [0.05, 0.1) is 7.11 Å². The zero-order chi connectivity index (χ0) is 20.9. The maximum Gasteiger partial charge on any atom is 0.422 e. The Morgan fingerprint density at radius 2 is 1.79 bits per heavy atom. The van der Waals surface area contributed by atoms with E-state index in [4.69, 9.17) is 9.47 Å². The van der Waals surface area contributed by atoms with Gasteiger partial charge in [0.25, 0.3) is 0 Å². The molecule has 0 saturated heterocycles. The smallest absolute Gasteiger partial charge is 0.422 e. The highest BCUT2D eigenvalue weighted by Gasteiger charge is 2.29. The van der Waals surface area contributed by atoms with Crippen molar-refractivity contribution < 1.29 is 27.4 Å². The van der Waals surface area contributed by atoms with E-state index in [1.165, 1.54) is 30.7 Å². The molecule has 156 valence electrons. The predicted octanol–water partition coefficient (Wildman–Crippen LogP) is 4.37. The molecule has 0 unspecified atom stereocenters. The fourth-order valence-corrected chi connectivity index (χ4v) is 3.43. The number of fused-ring (bicyclic) bond motifs is 1. The molecular weight excluding hydrogens is 383 g/mol. The number of rotatable bonds is 8. The summed E-state index contributed by atoms with van der Waals surface area (Å²) in [4.78, 5) is 12.2. The highest BCUT2D eigenvalue weighted by atomic mass is 19.4. The second kappa shape index (κ2) is 9.20. The molecule has 0 aliphatic heterocycles. The summed E-state index contributed by atoms with van der Waals surface area (Å²) in [6, 6.07) is 11.0. The first-order chi connectivity index (χ1) is 13.8. The number of carbonyl (C=O) groups excluding carboxylic acids is 1. The molecule has 0 atom stereocenters. The highest BCUT2D eigenvalue weighted by molar-refractivity contribution is 5.76. The molecule has 7 heteroatoms. The summed E-state index contributed by atoms with van der Waals surface area (Å²) >= 11 is 0. The molecule has 0 bridgehead atoms. The Hall–Kier alpha value is -2.70. The van der Waals surface area contributed by atoms with E-state index in [2.05, 4.69) is 23.5 Å². The molecule has 1 aliphatic rings. The van der Waals surface area contributed by atoms with Crippen LogP contribution in [-0.4, -0.2) is 25.8 Å². The Balaban J connectivity index is 1.49. The van der Waals surface area contributed by atoms with E-state index in [0.29, 0.717) is 13.0 Å². The number of hydrogen-bond donors (Lipinski definition) is 1. The summed E-state index contributed by atoms with van der Waals surface area (Å²) < 4.78 is 46.8. The Morgan fingerprint density at radius 3 is 2.55 bits per heavy atom. The minimum Gasteiger partial charge on any atom is -0.493 e. The first-order valence-corrected chi connectivity index (χ1v) is 9.58. The number of hydrogen-bond acceptors (Lipinski definition) is 3. The Morgan fingerprint density at radius 1 is 1.03 bits per heavy atom. The monoisotopic (exact) mass is 407 g/mol. The number of alkyl halides is 3. The largest absolute Gasteiger partial charge is 0.493 e. The highest BCUT2D eigenvalue weighted by Crippen LogP contribution is 2.30. The molecule has 0 heterocycles. The van der Waals surface area contributed by atoms with Gasteiger partial charge < -0.3 is 14.8 Å². The van der Waals surface area contributed by atoms with Crippen LogP contribution in [0, 0.1) is 0 Å². The number of halogens is 3. The van der Waals surface area contributed by atoms with Crippen LogP contribution in [0.25, 0.3) is 0 Å². The molecule has 0 aromatic heterocycles. The molecule has 29 heavy (non-hydrogen) atoms. The lowest BCUT2D eigenvalue weighted by Gasteiger charge is -2.13. The zero-order valence-corrected chi connectivity index (χ0v) is 16.3. The van der Waals surface area contributed by atoms with Crippen molar-refractivity contribution in [3.05, 3.63) is 58.7 Å². The Bertz CT molecular complexity index is 865. The van der Waals surface area contributed by atoms with E-state index < -0.39 is 12.8 Å². The number of nitrogens with one attached hydrogen (secondary N) is 1. The lowest BCUT2D eigenvalue weighted by atomic mass is 10.1. The van der Waals surface area contributed by atoms with Gasteiger partial charge >= 0.3 is 6.18 Å². The minimum atomic E-state index is -4.42. The van der Waals surface area contributed by atoms with Crippen molar-refractivity contribution in [1.29, 1.82) is 0 Å². The van der Waals surface area contributed by atoms with Crippen LogP contribution in [0.2, 0.25) is 0 Å². The lowest BCUT2D eigenvalue weighted by molar-refractivity contribution is -0.153. The number of ether oxygens (including phenoxy) is 2. The summed E-state index contributed by atoms with van der Waals surface area (Å²) in [5.41, 5.74) is 4.65. The van der Waals surface area contributed by atoms with Crippen LogP contribution in [0.15, 0.2) is 36.4 Å². The van der Waals surface area contributed by atoms with Gasteiger partial charge in [0.2, 0.25) is 5.91 Å². The molecule has 1 amide bonds. The standard InChI is InChI=1S/C22H24F3NO3/c1-28-20-12-15(6-9-19(20)29-14-22(23,24)25)7-10-21(27)26-13-16-5-8-17-3-2-4-18(17)11-16/h5-6,8-9,11-12H,2-4,7,10,13-14H2,1H3,(H,26,27). The third kappa shape index (κ3) is 6.14. The van der Waals surface area contributed by atoms with Crippen molar-refractivity contribution in [1.82, 2.24) is 5.32 Å². The molecule has 1 N–H and O–H groups in total. The summed E-state index contributed by atoms with van der Waals surface area (Å²) in [5.74, 6) is 0.154. The number of carbonyl (C=O) groups is 1. The van der Waals surface area contributed by atoms with E-state index in [1.807, 2.05) is 0 Å². The fraction of sp³-hybridized carbons (Fsp3) is 0.409. The maximum atomic E-state index is 12.3. The van der Waals surface area contributed by atoms with Crippen molar-refractivity contribution >= 4 is 5.91 Å². The molecule has 2 aromatic rings. The molecule has 0 radical (unpaired) electrons. The fourth-order valence-electron chi connectivity index (χ4n) is 3.43. The van der Waals surface area contributed by atoms with E-state index in [9.17, 15) is 18.0 Å². The van der Waals surface area contributed by atoms with Crippen LogP contribution >= 0.6 is 0 Å². The third-order valence-electron chi connectivity index (χ3n) is 4.91. The van der Waals surface area contributed by atoms with Crippen molar-refractivity contribution in [3.63, 3.8) is 0 Å². The lowest BCUT2D eigenvalue weighted by Crippen LogP contribution is -2.23. The van der Waals surface area contributed by atoms with Gasteiger partial charge in [0.1, 0.15) is 0 Å². The molecule has 0 fully saturated rings. The van der Waals surface area contributed by atoms with Crippen LogP contribution in [-0.2, 0) is 30.6 Å². The van der Waals surface area contributed by atoms with Gasteiger partial charge in [-0.1, -0.05) is 24.3 Å². The van der Waals surface area contributed by atoms with Crippen LogP contribution in [0.4, 0.5) is 13.2 Å². The second-order valence-corrected chi connectivity index (χ2v) is 7.12. The van der Waals surface area contributed by atoms with Gasteiger partial charge in [-0.25, -0.2) is 0 Å². The molecular formula is C22H24F3NO3. The van der Waals surface area contributed by atoms with Gasteiger partial charge in [-0.3, -0.25) is 4.79 Å². The van der Waals surface area contributed by atoms with Gasteiger partial charge in [0.15, 0.2) is 18.1 Å². The van der Waals surface area contributed by atoms with Crippen molar-refractivity contribution in [2.75, 3.05) is 13.7 Å². The number of benzene rings is 2. The Kier molecular flexibility index (Phi) is 6.67. The zero-order valence-electron chi connectivity index (χ0n) is 16.3. The first-order valence-electron chi connectivity index (χ1n) is 9.58. The van der Waals surface area contributed by atoms with Crippen LogP contribution in [0.1, 0.15) is 35.1 Å². The SMILES string of the molecule is COc1cc(CCC(=O)NCc2ccc3c(c2)CCC3)ccc1OCC(F)(F)F. The molecule has 1 aliphatic carbocycles. The average Bonchev–Trinajstić information content (AvgIpc) is 3.16. The van der Waals surface area contributed by atoms with Crippen molar-refractivity contribution in [3.8, 4) is 11.5 Å². The summed E-state index contributed by atoms with van der Waals surface area (Å²) in [7, 11) is 1.36. The topological polar surface area (TPSA) is 47.6 Å². The van der Waals surface area contributed by atoms with E-state index in [-0.39, 0.29) is 23.8 Å². The van der Waals surface area contributed by atoms with Gasteiger partial charge in [-0.15, -0.1) is 0 Å². The normalized spacial score (nSPS) is 13.1. The second-order valence-electron chi connectivity index (χ2n) is 7.12. The van der Waals surface area contributed by atoms with Crippen LogP contribution in [0.5, 0.6) is 11.5 Å².